The van der Waals surface area contributed by atoms with Crippen LogP contribution in [0.5, 0.6) is 0 Å². The standard InChI is InChI=1S/C18H20N2O2.ClHO4.Cr.O/c1-13-3-5-17(21)15(9-13)11-19-7-8-20-12-16-10-14(2)4-6-18(16)22;2-1(3,4)5;;/h3-6,9-12,19-20H,7-8H2,1-2H3;(H,2,3,4,5);;/p-1/b15-11-,16-12-;;;. The minimum atomic E-state index is -4.94. The molecular weight excluding hydrogens is 444 g/mol. The fourth-order valence-electron chi connectivity index (χ4n) is 2.07. The SMILES string of the molecule is CC1=C/C(=C/NCCN/C=C2/C=C(C)C=CC2=O)C(=O)C=C1.[O-][Cl+3]([O-])([O-])[O-].[O]=[Cr]. The van der Waals surface area contributed by atoms with Gasteiger partial charge in [-0.25, -0.2) is 18.6 Å². The molecule has 2 N–H and O–H groups in total. The Morgan fingerprint density at radius 1 is 0.793 bits per heavy atom. The predicted molar refractivity (Wildman–Crippen MR) is 88.7 cm³/mol. The first-order valence-electron chi connectivity index (χ1n) is 8.03. The van der Waals surface area contributed by atoms with E-state index in [4.69, 9.17) is 22.4 Å². The van der Waals surface area contributed by atoms with Crippen molar-refractivity contribution in [2.45, 2.75) is 13.8 Å². The van der Waals surface area contributed by atoms with Crippen molar-refractivity contribution in [3.05, 3.63) is 71.1 Å². The second-order valence-electron chi connectivity index (χ2n) is 5.66. The Kier molecular flexibility index (Phi) is 12.9. The zero-order valence-electron chi connectivity index (χ0n) is 15.7. The molecule has 0 aromatic rings. The fraction of sp³-hybridized carbons (Fsp3) is 0.222. The van der Waals surface area contributed by atoms with Gasteiger partial charge in [-0.3, -0.25) is 9.59 Å². The minimum absolute atomic E-state index is 0.00776. The summed E-state index contributed by atoms with van der Waals surface area (Å²) in [5.74, 6) is 0.0155. The van der Waals surface area contributed by atoms with E-state index >= 15 is 0 Å². The number of carbonyl (C=O) groups excluding carboxylic acids is 2. The van der Waals surface area contributed by atoms with Crippen LogP contribution >= 0.6 is 0 Å². The summed E-state index contributed by atoms with van der Waals surface area (Å²) in [6, 6.07) is 0. The molecule has 0 aromatic carbocycles. The number of hydrogen-bond donors (Lipinski definition) is 2. The van der Waals surface area contributed by atoms with Crippen molar-refractivity contribution in [1.82, 2.24) is 10.6 Å². The first-order valence-corrected chi connectivity index (χ1v) is 9.78. The molecule has 0 fully saturated rings. The summed E-state index contributed by atoms with van der Waals surface area (Å²) in [5, 5.41) is 6.19. The van der Waals surface area contributed by atoms with E-state index in [0.29, 0.717) is 24.2 Å². The van der Waals surface area contributed by atoms with Crippen molar-refractivity contribution in [2.24, 2.45) is 0 Å². The average Bonchev–Trinajstić information content (AvgIpc) is 2.64. The van der Waals surface area contributed by atoms with E-state index in [-0.39, 0.29) is 11.6 Å². The van der Waals surface area contributed by atoms with Crippen molar-refractivity contribution in [1.29, 1.82) is 0 Å². The van der Waals surface area contributed by atoms with E-state index in [1.807, 2.05) is 26.0 Å². The Labute approximate surface area is 178 Å². The van der Waals surface area contributed by atoms with E-state index < -0.39 is 10.2 Å². The third-order valence-corrected chi connectivity index (χ3v) is 3.26. The summed E-state index contributed by atoms with van der Waals surface area (Å²) in [6.07, 6.45) is 13.9. The molecule has 0 saturated carbocycles. The molecule has 0 amide bonds. The van der Waals surface area contributed by atoms with Crippen LogP contribution in [-0.4, -0.2) is 24.7 Å². The summed E-state index contributed by atoms with van der Waals surface area (Å²) in [6.45, 7) is 5.22. The molecule has 29 heavy (non-hydrogen) atoms. The van der Waals surface area contributed by atoms with E-state index in [1.54, 1.807) is 36.7 Å². The van der Waals surface area contributed by atoms with Crippen LogP contribution < -0.4 is 29.3 Å². The van der Waals surface area contributed by atoms with Gasteiger partial charge < -0.3 is 10.6 Å². The van der Waals surface area contributed by atoms with Gasteiger partial charge in [-0.1, -0.05) is 23.3 Å². The molecule has 0 radical (unpaired) electrons. The van der Waals surface area contributed by atoms with Gasteiger partial charge >= 0.3 is 20.0 Å². The van der Waals surface area contributed by atoms with Gasteiger partial charge in [0.05, 0.1) is 0 Å². The third-order valence-electron chi connectivity index (χ3n) is 3.26. The van der Waals surface area contributed by atoms with Crippen molar-refractivity contribution in [3.8, 4) is 0 Å². The zero-order chi connectivity index (χ0) is 22.4. The summed E-state index contributed by atoms with van der Waals surface area (Å²) in [5.41, 5.74) is 3.43. The van der Waals surface area contributed by atoms with Gasteiger partial charge in [0.15, 0.2) is 11.6 Å². The maximum absolute atomic E-state index is 11.6. The van der Waals surface area contributed by atoms with Crippen LogP contribution in [-0.2, 0) is 29.6 Å². The van der Waals surface area contributed by atoms with Crippen LogP contribution in [0.2, 0.25) is 0 Å². The summed E-state index contributed by atoms with van der Waals surface area (Å²) >= 11 is 1.38. The molecule has 0 atom stereocenters. The maximum atomic E-state index is 11.6. The molecule has 0 saturated heterocycles. The molecule has 0 heterocycles. The van der Waals surface area contributed by atoms with E-state index in [1.165, 1.54) is 16.2 Å². The first-order chi connectivity index (χ1) is 13.6. The summed E-state index contributed by atoms with van der Waals surface area (Å²) in [4.78, 5) is 23.2. The average molecular weight is 464 g/mol. The molecule has 2 aliphatic rings. The van der Waals surface area contributed by atoms with Crippen LogP contribution in [0, 0.1) is 10.2 Å². The molecule has 0 unspecified atom stereocenters. The van der Waals surface area contributed by atoms with Gasteiger partial charge in [0.1, 0.15) is 0 Å². The molecule has 9 nitrogen and oxygen atoms in total. The first kappa shape index (κ1) is 26.8. The zero-order valence-corrected chi connectivity index (χ0v) is 17.7. The quantitative estimate of drug-likeness (QED) is 0.324. The molecule has 11 heteroatoms. The molecule has 2 rings (SSSR count). The van der Waals surface area contributed by atoms with Gasteiger partial charge in [-0.2, -0.15) is 0 Å². The van der Waals surface area contributed by atoms with Gasteiger partial charge in [-0.15, -0.1) is 10.2 Å². The summed E-state index contributed by atoms with van der Waals surface area (Å²) in [7, 11) is -4.94. The van der Waals surface area contributed by atoms with Crippen LogP contribution in [0.3, 0.4) is 0 Å². The molecule has 0 aliphatic heterocycles. The Morgan fingerprint density at radius 3 is 1.41 bits per heavy atom. The molecule has 0 spiro atoms. The van der Waals surface area contributed by atoms with Crippen LogP contribution in [0.1, 0.15) is 13.8 Å². The fourth-order valence-corrected chi connectivity index (χ4v) is 2.07. The van der Waals surface area contributed by atoms with E-state index in [9.17, 15) is 9.59 Å². The van der Waals surface area contributed by atoms with Crippen LogP contribution in [0.4, 0.5) is 0 Å². The van der Waals surface area contributed by atoms with Crippen molar-refractivity contribution < 1.29 is 58.5 Å². The van der Waals surface area contributed by atoms with Crippen molar-refractivity contribution in [2.75, 3.05) is 13.1 Å². The number of halogens is 1. The second-order valence-corrected chi connectivity index (χ2v) is 6.41. The predicted octanol–water partition coefficient (Wildman–Crippen LogP) is -2.77. The molecule has 2 aliphatic carbocycles. The third kappa shape index (κ3) is 13.6. The van der Waals surface area contributed by atoms with Crippen molar-refractivity contribution >= 4 is 11.6 Å². The molecule has 0 aromatic heterocycles. The monoisotopic (exact) mass is 463 g/mol. The topological polar surface area (TPSA) is 168 Å². The number of allylic oxidation sites excluding steroid dienone is 10. The molecule has 158 valence electrons. The Balaban J connectivity index is 0.000000977. The Morgan fingerprint density at radius 2 is 1.10 bits per heavy atom. The molecular formula is C18H20ClCrN2O7-. The number of hydrogen-bond acceptors (Lipinski definition) is 9. The van der Waals surface area contributed by atoms with Gasteiger partial charge in [0.25, 0.3) is 0 Å². The van der Waals surface area contributed by atoms with E-state index in [2.05, 4.69) is 10.6 Å². The number of ketones is 2. The van der Waals surface area contributed by atoms with Crippen LogP contribution in [0.25, 0.3) is 0 Å². The van der Waals surface area contributed by atoms with Gasteiger partial charge in [0.2, 0.25) is 0 Å². The number of rotatable bonds is 5. The van der Waals surface area contributed by atoms with E-state index in [0.717, 1.165) is 11.1 Å². The Hall–Kier alpha value is -2.16. The van der Waals surface area contributed by atoms with Gasteiger partial charge in [0, 0.05) is 36.6 Å². The Bertz CT molecular complexity index is 714. The van der Waals surface area contributed by atoms with Crippen LogP contribution in [0.15, 0.2) is 71.1 Å². The number of carbonyl (C=O) groups is 2. The summed E-state index contributed by atoms with van der Waals surface area (Å²) < 4.78 is 42.1. The number of nitrogens with one attached hydrogen (secondary N) is 2. The van der Waals surface area contributed by atoms with Gasteiger partial charge in [-0.05, 0) is 38.2 Å². The normalized spacial score (nSPS) is 18.3. The molecule has 0 bridgehead atoms. The van der Waals surface area contributed by atoms with Crippen molar-refractivity contribution in [3.63, 3.8) is 0 Å². The second kappa shape index (κ2) is 13.9.